The second-order valence-corrected chi connectivity index (χ2v) is 6.59. The summed E-state index contributed by atoms with van der Waals surface area (Å²) >= 11 is 0. The zero-order chi connectivity index (χ0) is 18.2. The minimum Gasteiger partial charge on any atom is -0.353 e. The van der Waals surface area contributed by atoms with E-state index >= 15 is 0 Å². The number of hydrogen-bond donors (Lipinski definition) is 0. The molecule has 1 saturated heterocycles. The highest BCUT2D eigenvalue weighted by Gasteiger charge is 2.32. The summed E-state index contributed by atoms with van der Waals surface area (Å²) in [5, 5.41) is 0. The average Bonchev–Trinajstić information content (AvgIpc) is 2.44. The molecule has 7 heteroatoms. The van der Waals surface area contributed by atoms with Crippen molar-refractivity contribution in [2.24, 2.45) is 0 Å². The van der Waals surface area contributed by atoms with E-state index in [-0.39, 0.29) is 0 Å². The Hall–Kier alpha value is -2.15. The van der Waals surface area contributed by atoms with E-state index in [9.17, 15) is 13.2 Å². The van der Waals surface area contributed by atoms with Crippen molar-refractivity contribution in [1.29, 1.82) is 0 Å². The van der Waals surface area contributed by atoms with Crippen molar-refractivity contribution in [1.82, 2.24) is 14.9 Å². The molecule has 0 N–H and O–H groups in total. The Balaban J connectivity index is 1.60. The predicted molar refractivity (Wildman–Crippen MR) is 90.4 cm³/mol. The Morgan fingerprint density at radius 1 is 1.16 bits per heavy atom. The largest absolute Gasteiger partial charge is 0.416 e. The molecular weight excluding hydrogens is 329 g/mol. The van der Waals surface area contributed by atoms with Crippen LogP contribution in [0.3, 0.4) is 0 Å². The first-order valence-electron chi connectivity index (χ1n) is 8.16. The number of aryl methyl sites for hydroxylation is 2. The van der Waals surface area contributed by atoms with Crippen LogP contribution < -0.4 is 4.90 Å². The van der Waals surface area contributed by atoms with Gasteiger partial charge in [0, 0.05) is 37.4 Å². The van der Waals surface area contributed by atoms with E-state index in [2.05, 4.69) is 19.8 Å². The monoisotopic (exact) mass is 350 g/mol. The number of anilines is 1. The summed E-state index contributed by atoms with van der Waals surface area (Å²) < 4.78 is 38.4. The number of hydrogen-bond acceptors (Lipinski definition) is 4. The molecule has 1 aliphatic rings. The van der Waals surface area contributed by atoms with Crippen molar-refractivity contribution in [3.8, 4) is 0 Å². The number of benzene rings is 1. The number of halogens is 3. The molecule has 0 aliphatic carbocycles. The van der Waals surface area contributed by atoms with Crippen LogP contribution in [0.2, 0.25) is 0 Å². The first-order valence-corrected chi connectivity index (χ1v) is 8.16. The highest BCUT2D eigenvalue weighted by Crippen LogP contribution is 2.30. The molecule has 2 heterocycles. The number of nitrogens with zero attached hydrogens (tertiary/aromatic N) is 4. The minimum atomic E-state index is -4.30. The molecule has 1 fully saturated rings. The predicted octanol–water partition coefficient (Wildman–Crippen LogP) is 3.43. The average molecular weight is 350 g/mol. The summed E-state index contributed by atoms with van der Waals surface area (Å²) in [5.41, 5.74) is 1.01. The van der Waals surface area contributed by atoms with Gasteiger partial charge in [-0.2, -0.15) is 13.2 Å². The molecule has 0 saturated carbocycles. The van der Waals surface area contributed by atoms with Crippen molar-refractivity contribution >= 4 is 5.82 Å². The molecule has 0 bridgehead atoms. The number of alkyl halides is 3. The summed E-state index contributed by atoms with van der Waals surface area (Å²) in [6.45, 7) is 5.92. The summed E-state index contributed by atoms with van der Waals surface area (Å²) in [6.07, 6.45) is -4.30. The fourth-order valence-electron chi connectivity index (χ4n) is 3.04. The summed E-state index contributed by atoms with van der Waals surface area (Å²) in [4.78, 5) is 13.0. The standard InChI is InChI=1S/C18H21F3N4/c1-12-7-17(23-13(2)22-12)25-10-16(11-25)24(3)9-14-5-4-6-15(8-14)18(19,20)21/h4-8,16H,9-11H2,1-3H3. The van der Waals surface area contributed by atoms with Crippen LogP contribution in [0, 0.1) is 13.8 Å². The van der Waals surface area contributed by atoms with Crippen LogP contribution in [0.25, 0.3) is 0 Å². The fraction of sp³-hybridized carbons (Fsp3) is 0.444. The third-order valence-electron chi connectivity index (χ3n) is 4.45. The van der Waals surface area contributed by atoms with Crippen LogP contribution in [0.15, 0.2) is 30.3 Å². The van der Waals surface area contributed by atoms with Gasteiger partial charge in [-0.3, -0.25) is 4.90 Å². The quantitative estimate of drug-likeness (QED) is 0.846. The van der Waals surface area contributed by atoms with Gasteiger partial charge in [-0.25, -0.2) is 9.97 Å². The van der Waals surface area contributed by atoms with E-state index in [4.69, 9.17) is 0 Å². The normalized spacial score (nSPS) is 15.6. The van der Waals surface area contributed by atoms with Crippen LogP contribution in [0.5, 0.6) is 0 Å². The van der Waals surface area contributed by atoms with E-state index in [1.165, 1.54) is 12.1 Å². The maximum atomic E-state index is 12.8. The molecule has 1 aromatic carbocycles. The Labute approximate surface area is 145 Å². The van der Waals surface area contributed by atoms with Crippen molar-refractivity contribution in [2.45, 2.75) is 32.6 Å². The lowest BCUT2D eigenvalue weighted by Crippen LogP contribution is -2.58. The summed E-state index contributed by atoms with van der Waals surface area (Å²) in [5.74, 6) is 1.66. The van der Waals surface area contributed by atoms with Crippen molar-refractivity contribution in [2.75, 3.05) is 25.0 Å². The molecule has 0 unspecified atom stereocenters. The lowest BCUT2D eigenvalue weighted by Gasteiger charge is -2.44. The fourth-order valence-corrected chi connectivity index (χ4v) is 3.04. The van der Waals surface area contributed by atoms with E-state index < -0.39 is 11.7 Å². The highest BCUT2D eigenvalue weighted by atomic mass is 19.4. The minimum absolute atomic E-state index is 0.296. The van der Waals surface area contributed by atoms with E-state index in [1.54, 1.807) is 6.07 Å². The maximum Gasteiger partial charge on any atom is 0.416 e. The molecular formula is C18H21F3N4. The molecule has 134 valence electrons. The summed E-state index contributed by atoms with van der Waals surface area (Å²) in [6, 6.07) is 7.78. The molecule has 1 aliphatic heterocycles. The van der Waals surface area contributed by atoms with Gasteiger partial charge in [0.15, 0.2) is 0 Å². The molecule has 25 heavy (non-hydrogen) atoms. The van der Waals surface area contributed by atoms with Crippen molar-refractivity contribution < 1.29 is 13.2 Å². The van der Waals surface area contributed by atoms with E-state index in [0.29, 0.717) is 18.2 Å². The summed E-state index contributed by atoms with van der Waals surface area (Å²) in [7, 11) is 1.94. The van der Waals surface area contributed by atoms with Gasteiger partial charge in [-0.15, -0.1) is 0 Å². The molecule has 0 atom stereocenters. The van der Waals surface area contributed by atoms with Crippen LogP contribution in [-0.2, 0) is 12.7 Å². The van der Waals surface area contributed by atoms with Crippen molar-refractivity contribution in [3.63, 3.8) is 0 Å². The number of likely N-dealkylation sites (N-methyl/N-ethyl adjacent to an activating group) is 1. The Kier molecular flexibility index (Phi) is 4.69. The Morgan fingerprint density at radius 3 is 2.52 bits per heavy atom. The lowest BCUT2D eigenvalue weighted by molar-refractivity contribution is -0.137. The van der Waals surface area contributed by atoms with Gasteiger partial charge in [0.2, 0.25) is 0 Å². The maximum absolute atomic E-state index is 12.8. The molecule has 1 aromatic heterocycles. The molecule has 2 aromatic rings. The lowest BCUT2D eigenvalue weighted by atomic mass is 10.1. The van der Waals surface area contributed by atoms with Gasteiger partial charge in [0.05, 0.1) is 5.56 Å². The first kappa shape index (κ1) is 17.7. The molecule has 0 amide bonds. The van der Waals surface area contributed by atoms with Crippen LogP contribution in [0.1, 0.15) is 22.6 Å². The van der Waals surface area contributed by atoms with E-state index in [0.717, 1.165) is 36.5 Å². The molecule has 0 spiro atoms. The third-order valence-corrected chi connectivity index (χ3v) is 4.45. The first-order chi connectivity index (χ1) is 11.7. The second-order valence-electron chi connectivity index (χ2n) is 6.59. The molecule has 0 radical (unpaired) electrons. The van der Waals surface area contributed by atoms with Gasteiger partial charge < -0.3 is 4.90 Å². The molecule has 4 nitrogen and oxygen atoms in total. The SMILES string of the molecule is Cc1cc(N2CC(N(C)Cc3cccc(C(F)(F)F)c3)C2)nc(C)n1. The Bertz CT molecular complexity index is 734. The number of rotatable bonds is 4. The van der Waals surface area contributed by atoms with Gasteiger partial charge in [0.1, 0.15) is 11.6 Å². The van der Waals surface area contributed by atoms with E-state index in [1.807, 2.05) is 27.0 Å². The third kappa shape index (κ3) is 4.10. The van der Waals surface area contributed by atoms with Gasteiger partial charge in [0.25, 0.3) is 0 Å². The van der Waals surface area contributed by atoms with Gasteiger partial charge in [-0.1, -0.05) is 18.2 Å². The van der Waals surface area contributed by atoms with Crippen molar-refractivity contribution in [3.05, 3.63) is 53.0 Å². The van der Waals surface area contributed by atoms with Gasteiger partial charge >= 0.3 is 6.18 Å². The Morgan fingerprint density at radius 2 is 1.88 bits per heavy atom. The van der Waals surface area contributed by atoms with Crippen LogP contribution >= 0.6 is 0 Å². The smallest absolute Gasteiger partial charge is 0.353 e. The molecule has 3 rings (SSSR count). The number of aromatic nitrogens is 2. The second kappa shape index (κ2) is 6.63. The highest BCUT2D eigenvalue weighted by molar-refractivity contribution is 5.43. The topological polar surface area (TPSA) is 32.3 Å². The van der Waals surface area contributed by atoms with Crippen LogP contribution in [0.4, 0.5) is 19.0 Å². The zero-order valence-electron chi connectivity index (χ0n) is 14.5. The van der Waals surface area contributed by atoms with Crippen LogP contribution in [-0.4, -0.2) is 41.0 Å². The zero-order valence-corrected chi connectivity index (χ0v) is 14.5. The van der Waals surface area contributed by atoms with Gasteiger partial charge in [-0.05, 0) is 32.5 Å².